The van der Waals surface area contributed by atoms with Crippen LogP contribution in [0.5, 0.6) is 0 Å². The number of nitrogens with two attached hydrogens (primary N) is 1. The van der Waals surface area contributed by atoms with Gasteiger partial charge in [-0.1, -0.05) is 0 Å². The first-order chi connectivity index (χ1) is 7.16. The third-order valence-corrected chi connectivity index (χ3v) is 2.01. The SMILES string of the molecule is Nc1ccc(F)c(F)c1NCCCCO. The Labute approximate surface area is 86.9 Å². The molecule has 0 aromatic heterocycles. The highest BCUT2D eigenvalue weighted by Gasteiger charge is 2.10. The Morgan fingerprint density at radius 2 is 2.00 bits per heavy atom. The van der Waals surface area contributed by atoms with E-state index in [4.69, 9.17) is 10.8 Å². The molecule has 0 heterocycles. The number of hydrogen-bond donors (Lipinski definition) is 3. The van der Waals surface area contributed by atoms with Gasteiger partial charge >= 0.3 is 0 Å². The van der Waals surface area contributed by atoms with E-state index in [0.29, 0.717) is 19.4 Å². The van der Waals surface area contributed by atoms with Gasteiger partial charge in [0, 0.05) is 13.2 Å². The predicted molar refractivity (Wildman–Crippen MR) is 55.6 cm³/mol. The first kappa shape index (κ1) is 11.7. The number of rotatable bonds is 5. The van der Waals surface area contributed by atoms with E-state index in [-0.39, 0.29) is 18.0 Å². The highest BCUT2D eigenvalue weighted by Crippen LogP contribution is 2.24. The quantitative estimate of drug-likeness (QED) is 0.519. The number of nitrogens with one attached hydrogen (secondary N) is 1. The van der Waals surface area contributed by atoms with Crippen LogP contribution in [0.25, 0.3) is 0 Å². The lowest BCUT2D eigenvalue weighted by atomic mass is 10.2. The van der Waals surface area contributed by atoms with Crippen molar-refractivity contribution in [3.8, 4) is 0 Å². The monoisotopic (exact) mass is 216 g/mol. The van der Waals surface area contributed by atoms with Crippen molar-refractivity contribution in [2.75, 3.05) is 24.2 Å². The molecule has 84 valence electrons. The van der Waals surface area contributed by atoms with Crippen molar-refractivity contribution >= 4 is 11.4 Å². The zero-order chi connectivity index (χ0) is 11.3. The minimum Gasteiger partial charge on any atom is -0.397 e. The van der Waals surface area contributed by atoms with Crippen molar-refractivity contribution in [3.05, 3.63) is 23.8 Å². The Morgan fingerprint density at radius 3 is 2.67 bits per heavy atom. The molecule has 1 rings (SSSR count). The Bertz CT molecular complexity index is 331. The van der Waals surface area contributed by atoms with Crippen LogP contribution in [-0.4, -0.2) is 18.3 Å². The number of halogens is 2. The standard InChI is InChI=1S/C10H14F2N2O/c11-7-3-4-8(13)10(9(7)12)14-5-1-2-6-15/h3-4,14-15H,1-2,5-6,13H2. The molecule has 4 N–H and O–H groups in total. The highest BCUT2D eigenvalue weighted by atomic mass is 19.2. The Kier molecular flexibility index (Phi) is 4.30. The van der Waals surface area contributed by atoms with E-state index in [0.717, 1.165) is 6.07 Å². The van der Waals surface area contributed by atoms with Crippen molar-refractivity contribution in [2.45, 2.75) is 12.8 Å². The van der Waals surface area contributed by atoms with Crippen molar-refractivity contribution in [1.29, 1.82) is 0 Å². The average Bonchev–Trinajstić information content (AvgIpc) is 2.23. The van der Waals surface area contributed by atoms with E-state index in [9.17, 15) is 8.78 Å². The zero-order valence-electron chi connectivity index (χ0n) is 8.26. The Hall–Kier alpha value is -1.36. The summed E-state index contributed by atoms with van der Waals surface area (Å²) in [6.45, 7) is 0.536. The molecule has 0 saturated heterocycles. The maximum absolute atomic E-state index is 13.2. The van der Waals surface area contributed by atoms with Gasteiger partial charge in [0.15, 0.2) is 11.6 Å². The zero-order valence-corrected chi connectivity index (χ0v) is 8.26. The third kappa shape index (κ3) is 3.06. The largest absolute Gasteiger partial charge is 0.397 e. The smallest absolute Gasteiger partial charge is 0.183 e. The molecule has 0 fully saturated rings. The van der Waals surface area contributed by atoms with Gasteiger partial charge in [0.25, 0.3) is 0 Å². The molecule has 0 saturated carbocycles. The maximum atomic E-state index is 13.2. The molecule has 0 spiro atoms. The van der Waals surface area contributed by atoms with Crippen molar-refractivity contribution < 1.29 is 13.9 Å². The van der Waals surface area contributed by atoms with Gasteiger partial charge in [0.05, 0.1) is 11.4 Å². The van der Waals surface area contributed by atoms with Crippen molar-refractivity contribution in [2.24, 2.45) is 0 Å². The molecule has 0 unspecified atom stereocenters. The molecule has 0 aliphatic carbocycles. The molecule has 15 heavy (non-hydrogen) atoms. The molecular formula is C10H14F2N2O. The number of unbranched alkanes of at least 4 members (excludes halogenated alkanes) is 1. The summed E-state index contributed by atoms with van der Waals surface area (Å²) in [5.41, 5.74) is 5.66. The maximum Gasteiger partial charge on any atom is 0.183 e. The summed E-state index contributed by atoms with van der Waals surface area (Å²) in [5, 5.41) is 11.2. The molecular weight excluding hydrogens is 202 g/mol. The van der Waals surface area contributed by atoms with E-state index in [1.165, 1.54) is 6.07 Å². The second-order valence-corrected chi connectivity index (χ2v) is 3.18. The second kappa shape index (κ2) is 5.50. The van der Waals surface area contributed by atoms with Crippen LogP contribution < -0.4 is 11.1 Å². The predicted octanol–water partition coefficient (Wildman–Crippen LogP) is 1.73. The second-order valence-electron chi connectivity index (χ2n) is 3.18. The topological polar surface area (TPSA) is 58.3 Å². The summed E-state index contributed by atoms with van der Waals surface area (Å²) in [5.74, 6) is -1.88. The normalized spacial score (nSPS) is 10.3. The van der Waals surface area contributed by atoms with Gasteiger partial charge < -0.3 is 16.2 Å². The molecule has 3 nitrogen and oxygen atoms in total. The number of hydrogen-bond acceptors (Lipinski definition) is 3. The lowest BCUT2D eigenvalue weighted by Crippen LogP contribution is -2.08. The lowest BCUT2D eigenvalue weighted by molar-refractivity contribution is 0.286. The van der Waals surface area contributed by atoms with Crippen LogP contribution in [-0.2, 0) is 0 Å². The number of nitrogen functional groups attached to an aromatic ring is 1. The highest BCUT2D eigenvalue weighted by molar-refractivity contribution is 5.66. The van der Waals surface area contributed by atoms with E-state index in [2.05, 4.69) is 5.32 Å². The van der Waals surface area contributed by atoms with Gasteiger partial charge in [-0.15, -0.1) is 0 Å². The van der Waals surface area contributed by atoms with Crippen LogP contribution in [0.3, 0.4) is 0 Å². The molecule has 0 aliphatic rings. The molecule has 0 bridgehead atoms. The van der Waals surface area contributed by atoms with Crippen molar-refractivity contribution in [1.82, 2.24) is 0 Å². The van der Waals surface area contributed by atoms with Crippen LogP contribution in [0.15, 0.2) is 12.1 Å². The van der Waals surface area contributed by atoms with Gasteiger partial charge in [-0.05, 0) is 25.0 Å². The first-order valence-corrected chi connectivity index (χ1v) is 4.75. The summed E-state index contributed by atoms with van der Waals surface area (Å²) in [6.07, 6.45) is 1.29. The molecule has 1 aromatic rings. The Balaban J connectivity index is 2.63. The van der Waals surface area contributed by atoms with Crippen LogP contribution in [0, 0.1) is 11.6 Å². The summed E-state index contributed by atoms with van der Waals surface area (Å²) < 4.78 is 26.0. The summed E-state index contributed by atoms with van der Waals surface area (Å²) in [4.78, 5) is 0. The number of aliphatic hydroxyl groups excluding tert-OH is 1. The minimum absolute atomic E-state index is 0.00654. The van der Waals surface area contributed by atoms with Gasteiger partial charge in [-0.25, -0.2) is 8.78 Å². The Morgan fingerprint density at radius 1 is 1.27 bits per heavy atom. The minimum atomic E-state index is -0.959. The van der Waals surface area contributed by atoms with Gasteiger partial charge in [-0.3, -0.25) is 0 Å². The lowest BCUT2D eigenvalue weighted by Gasteiger charge is -2.10. The van der Waals surface area contributed by atoms with Gasteiger partial charge in [0.1, 0.15) is 0 Å². The molecule has 0 atom stereocenters. The fraction of sp³-hybridized carbons (Fsp3) is 0.400. The fourth-order valence-electron chi connectivity index (χ4n) is 1.20. The van der Waals surface area contributed by atoms with E-state index in [1.54, 1.807) is 0 Å². The van der Waals surface area contributed by atoms with E-state index >= 15 is 0 Å². The van der Waals surface area contributed by atoms with Crippen LogP contribution in [0.2, 0.25) is 0 Å². The third-order valence-electron chi connectivity index (χ3n) is 2.01. The van der Waals surface area contributed by atoms with Crippen LogP contribution >= 0.6 is 0 Å². The average molecular weight is 216 g/mol. The van der Waals surface area contributed by atoms with Gasteiger partial charge in [0.2, 0.25) is 0 Å². The number of aliphatic hydroxyl groups is 1. The van der Waals surface area contributed by atoms with Crippen LogP contribution in [0.4, 0.5) is 20.2 Å². The number of benzene rings is 1. The molecule has 5 heteroatoms. The number of anilines is 2. The summed E-state index contributed by atoms with van der Waals surface area (Å²) in [6, 6.07) is 2.30. The van der Waals surface area contributed by atoms with Crippen LogP contribution in [0.1, 0.15) is 12.8 Å². The first-order valence-electron chi connectivity index (χ1n) is 4.75. The molecule has 0 radical (unpaired) electrons. The fourth-order valence-corrected chi connectivity index (χ4v) is 1.20. The molecule has 0 aliphatic heterocycles. The van der Waals surface area contributed by atoms with Gasteiger partial charge in [-0.2, -0.15) is 0 Å². The van der Waals surface area contributed by atoms with E-state index < -0.39 is 11.6 Å². The summed E-state index contributed by atoms with van der Waals surface area (Å²) >= 11 is 0. The molecule has 1 aromatic carbocycles. The molecule has 0 amide bonds. The summed E-state index contributed by atoms with van der Waals surface area (Å²) in [7, 11) is 0. The van der Waals surface area contributed by atoms with Crippen molar-refractivity contribution in [3.63, 3.8) is 0 Å². The van der Waals surface area contributed by atoms with E-state index in [1.807, 2.05) is 0 Å².